The van der Waals surface area contributed by atoms with Crippen LogP contribution in [-0.2, 0) is 4.74 Å². The molecule has 4 rings (SSSR count). The largest absolute Gasteiger partial charge is 0.378 e. The molecule has 0 bridgehead atoms. The van der Waals surface area contributed by atoms with Crippen molar-refractivity contribution in [3.05, 3.63) is 30.2 Å². The van der Waals surface area contributed by atoms with E-state index in [2.05, 4.69) is 20.8 Å². The number of carbonyl (C=O) groups excluding carboxylic acids is 1. The van der Waals surface area contributed by atoms with Gasteiger partial charge < -0.3 is 15.4 Å². The van der Waals surface area contributed by atoms with Gasteiger partial charge in [0, 0.05) is 24.8 Å². The maximum atomic E-state index is 12.4. The van der Waals surface area contributed by atoms with Crippen molar-refractivity contribution in [2.24, 2.45) is 5.92 Å². The molecule has 1 saturated carbocycles. The van der Waals surface area contributed by atoms with Crippen LogP contribution in [0.25, 0.3) is 5.65 Å². The molecule has 0 spiro atoms. The summed E-state index contributed by atoms with van der Waals surface area (Å²) in [6.07, 6.45) is 6.52. The van der Waals surface area contributed by atoms with E-state index < -0.39 is 0 Å². The lowest BCUT2D eigenvalue weighted by Gasteiger charge is -2.33. The van der Waals surface area contributed by atoms with Crippen LogP contribution in [0.3, 0.4) is 0 Å². The van der Waals surface area contributed by atoms with Crippen LogP contribution in [0.2, 0.25) is 0 Å². The first-order valence-corrected chi connectivity index (χ1v) is 8.70. The highest BCUT2D eigenvalue weighted by molar-refractivity contribution is 5.74. The van der Waals surface area contributed by atoms with Crippen molar-refractivity contribution in [3.63, 3.8) is 0 Å². The van der Waals surface area contributed by atoms with Gasteiger partial charge in [-0.25, -0.2) is 4.79 Å². The van der Waals surface area contributed by atoms with E-state index in [4.69, 9.17) is 4.74 Å². The summed E-state index contributed by atoms with van der Waals surface area (Å²) >= 11 is 0. The van der Waals surface area contributed by atoms with Gasteiger partial charge in [0.15, 0.2) is 11.5 Å². The fourth-order valence-electron chi connectivity index (χ4n) is 3.98. The highest BCUT2D eigenvalue weighted by Crippen LogP contribution is 2.34. The lowest BCUT2D eigenvalue weighted by molar-refractivity contribution is 0.0549. The first kappa shape index (κ1) is 15.4. The Balaban J connectivity index is 1.40. The second-order valence-electron chi connectivity index (χ2n) is 6.73. The Hall–Kier alpha value is -2.15. The van der Waals surface area contributed by atoms with Crippen molar-refractivity contribution in [2.75, 3.05) is 6.61 Å². The first-order valence-electron chi connectivity index (χ1n) is 8.70. The Labute approximate surface area is 140 Å². The van der Waals surface area contributed by atoms with Gasteiger partial charge in [-0.3, -0.25) is 4.40 Å². The number of hydrogen-bond acceptors (Lipinski definition) is 4. The average molecular weight is 329 g/mol. The topological polar surface area (TPSA) is 80.5 Å². The number of carbonyl (C=O) groups is 1. The van der Waals surface area contributed by atoms with E-state index >= 15 is 0 Å². The SMILES string of the molecule is C[C@H](NC(=O)N[C@@H]1CCC[C@H]2OCC[C@H]12)c1nnc2ccccn12. The fraction of sp³-hybridized carbons (Fsp3) is 0.588. The van der Waals surface area contributed by atoms with Crippen LogP contribution in [0.5, 0.6) is 0 Å². The minimum atomic E-state index is -0.221. The summed E-state index contributed by atoms with van der Waals surface area (Å²) in [5.41, 5.74) is 0.778. The van der Waals surface area contributed by atoms with Crippen molar-refractivity contribution in [3.8, 4) is 0 Å². The number of urea groups is 1. The zero-order valence-electron chi connectivity index (χ0n) is 13.8. The molecular weight excluding hydrogens is 306 g/mol. The minimum absolute atomic E-state index is 0.146. The van der Waals surface area contributed by atoms with Gasteiger partial charge in [-0.1, -0.05) is 6.07 Å². The molecule has 2 fully saturated rings. The number of hydrogen-bond donors (Lipinski definition) is 2. The van der Waals surface area contributed by atoms with Gasteiger partial charge in [0.25, 0.3) is 0 Å². The molecule has 7 nitrogen and oxygen atoms in total. The standard InChI is InChI=1S/C17H23N5O2/c1-11(16-21-20-15-7-2-3-9-22(15)16)18-17(23)19-13-5-4-6-14-12(13)8-10-24-14/h2-3,7,9,11-14H,4-6,8,10H2,1H3,(H2,18,19,23)/t11-,12+,13+,14+/m0/s1. The van der Waals surface area contributed by atoms with Gasteiger partial charge in [-0.2, -0.15) is 0 Å². The summed E-state index contributed by atoms with van der Waals surface area (Å²) in [5, 5.41) is 14.5. The Kier molecular flexibility index (Phi) is 4.10. The van der Waals surface area contributed by atoms with Crippen LogP contribution >= 0.6 is 0 Å². The van der Waals surface area contributed by atoms with E-state index in [0.717, 1.165) is 43.8 Å². The predicted octanol–water partition coefficient (Wildman–Crippen LogP) is 2.05. The molecule has 2 N–H and O–H groups in total. The molecular formula is C17H23N5O2. The Morgan fingerprint density at radius 2 is 2.25 bits per heavy atom. The summed E-state index contributed by atoms with van der Waals surface area (Å²) in [6, 6.07) is 5.57. The van der Waals surface area contributed by atoms with Crippen LogP contribution in [0, 0.1) is 5.92 Å². The van der Waals surface area contributed by atoms with Gasteiger partial charge >= 0.3 is 6.03 Å². The van der Waals surface area contributed by atoms with E-state index in [1.165, 1.54) is 0 Å². The molecule has 1 aliphatic carbocycles. The second-order valence-corrected chi connectivity index (χ2v) is 6.73. The zero-order chi connectivity index (χ0) is 16.5. The number of aromatic nitrogens is 3. The van der Waals surface area contributed by atoms with Gasteiger partial charge in [0.05, 0.1) is 12.1 Å². The maximum Gasteiger partial charge on any atom is 0.315 e. The number of fused-ring (bicyclic) bond motifs is 2. The van der Waals surface area contributed by atoms with Crippen LogP contribution in [-0.4, -0.2) is 39.4 Å². The van der Waals surface area contributed by atoms with Gasteiger partial charge in [0.1, 0.15) is 0 Å². The first-order chi connectivity index (χ1) is 11.7. The third-order valence-corrected chi connectivity index (χ3v) is 5.17. The highest BCUT2D eigenvalue weighted by atomic mass is 16.5. The number of nitrogens with one attached hydrogen (secondary N) is 2. The van der Waals surface area contributed by atoms with E-state index in [-0.39, 0.29) is 18.1 Å². The number of ether oxygens (including phenoxy) is 1. The summed E-state index contributed by atoms with van der Waals surface area (Å²) < 4.78 is 7.66. The summed E-state index contributed by atoms with van der Waals surface area (Å²) in [6.45, 7) is 2.74. The smallest absolute Gasteiger partial charge is 0.315 e. The predicted molar refractivity (Wildman–Crippen MR) is 88.6 cm³/mol. The molecule has 2 aromatic rings. The van der Waals surface area contributed by atoms with Crippen molar-refractivity contribution < 1.29 is 9.53 Å². The van der Waals surface area contributed by atoms with Gasteiger partial charge in [-0.05, 0) is 44.7 Å². The third-order valence-electron chi connectivity index (χ3n) is 5.17. The van der Waals surface area contributed by atoms with Gasteiger partial charge in [-0.15, -0.1) is 10.2 Å². The number of nitrogens with zero attached hydrogens (tertiary/aromatic N) is 3. The molecule has 2 amide bonds. The van der Waals surface area contributed by atoms with Crippen molar-refractivity contribution >= 4 is 11.7 Å². The molecule has 2 aromatic heterocycles. The van der Waals surface area contributed by atoms with E-state index in [1.54, 1.807) is 0 Å². The maximum absolute atomic E-state index is 12.4. The molecule has 4 atom stereocenters. The minimum Gasteiger partial charge on any atom is -0.378 e. The number of pyridine rings is 1. The molecule has 1 saturated heterocycles. The van der Waals surface area contributed by atoms with Crippen molar-refractivity contribution in [1.82, 2.24) is 25.2 Å². The Morgan fingerprint density at radius 1 is 1.33 bits per heavy atom. The molecule has 0 unspecified atom stereocenters. The number of amides is 2. The lowest BCUT2D eigenvalue weighted by Crippen LogP contribution is -2.49. The van der Waals surface area contributed by atoms with Crippen LogP contribution in [0.1, 0.15) is 44.5 Å². The molecule has 24 heavy (non-hydrogen) atoms. The van der Waals surface area contributed by atoms with Crippen LogP contribution in [0.15, 0.2) is 24.4 Å². The van der Waals surface area contributed by atoms with Crippen molar-refractivity contribution in [1.29, 1.82) is 0 Å². The van der Waals surface area contributed by atoms with Crippen molar-refractivity contribution in [2.45, 2.75) is 50.8 Å². The lowest BCUT2D eigenvalue weighted by atomic mass is 9.82. The summed E-state index contributed by atoms with van der Waals surface area (Å²) in [7, 11) is 0. The van der Waals surface area contributed by atoms with E-state index in [0.29, 0.717) is 12.0 Å². The van der Waals surface area contributed by atoms with Crippen LogP contribution < -0.4 is 10.6 Å². The average Bonchev–Trinajstić information content (AvgIpc) is 3.22. The Bertz CT molecular complexity index is 731. The van der Waals surface area contributed by atoms with Crippen LogP contribution in [0.4, 0.5) is 4.79 Å². The third kappa shape index (κ3) is 2.84. The monoisotopic (exact) mass is 329 g/mol. The Morgan fingerprint density at radius 3 is 3.17 bits per heavy atom. The highest BCUT2D eigenvalue weighted by Gasteiger charge is 2.38. The molecule has 7 heteroatoms. The molecule has 1 aliphatic heterocycles. The molecule has 128 valence electrons. The quantitative estimate of drug-likeness (QED) is 0.903. The molecule has 0 radical (unpaired) electrons. The molecule has 2 aliphatic rings. The summed E-state index contributed by atoms with van der Waals surface area (Å²) in [5.74, 6) is 1.18. The summed E-state index contributed by atoms with van der Waals surface area (Å²) in [4.78, 5) is 12.4. The fourth-order valence-corrected chi connectivity index (χ4v) is 3.98. The zero-order valence-corrected chi connectivity index (χ0v) is 13.8. The van der Waals surface area contributed by atoms with E-state index in [1.807, 2.05) is 35.7 Å². The van der Waals surface area contributed by atoms with Gasteiger partial charge in [0.2, 0.25) is 0 Å². The number of rotatable bonds is 3. The second kappa shape index (κ2) is 6.39. The van der Waals surface area contributed by atoms with E-state index in [9.17, 15) is 4.79 Å². The molecule has 0 aromatic carbocycles. The molecule has 3 heterocycles. The normalized spacial score (nSPS) is 27.6.